The van der Waals surface area contributed by atoms with Crippen molar-refractivity contribution in [2.75, 3.05) is 0 Å². The third kappa shape index (κ3) is 3.30. The maximum atomic E-state index is 6.01. The summed E-state index contributed by atoms with van der Waals surface area (Å²) in [5.41, 5.74) is 8.83. The van der Waals surface area contributed by atoms with E-state index in [9.17, 15) is 0 Å². The first-order valence-corrected chi connectivity index (χ1v) is 7.05. The molecule has 0 unspecified atom stereocenters. The molecule has 1 aromatic carbocycles. The molecule has 2 rings (SSSR count). The number of hydrogen-bond donors (Lipinski definition) is 1. The SMILES string of the molecule is CC[C@H](N)c1ccc(Oc2c(C)cc(Cl)cc2C)cn1. The number of aryl methyl sites for hydroxylation is 2. The van der Waals surface area contributed by atoms with Crippen LogP contribution in [0.1, 0.15) is 36.2 Å². The van der Waals surface area contributed by atoms with Crippen LogP contribution in [0.5, 0.6) is 11.5 Å². The highest BCUT2D eigenvalue weighted by Gasteiger charge is 2.09. The van der Waals surface area contributed by atoms with E-state index in [1.54, 1.807) is 6.20 Å². The van der Waals surface area contributed by atoms with Gasteiger partial charge in [0.1, 0.15) is 11.5 Å². The quantitative estimate of drug-likeness (QED) is 0.898. The van der Waals surface area contributed by atoms with Crippen LogP contribution in [0, 0.1) is 13.8 Å². The summed E-state index contributed by atoms with van der Waals surface area (Å²) >= 11 is 6.01. The van der Waals surface area contributed by atoms with Crippen molar-refractivity contribution in [1.82, 2.24) is 4.98 Å². The largest absolute Gasteiger partial charge is 0.455 e. The fraction of sp³-hybridized carbons (Fsp3) is 0.312. The van der Waals surface area contributed by atoms with E-state index in [1.807, 2.05) is 45.0 Å². The average molecular weight is 291 g/mol. The summed E-state index contributed by atoms with van der Waals surface area (Å²) in [7, 11) is 0. The Kier molecular flexibility index (Phi) is 4.63. The average Bonchev–Trinajstić information content (AvgIpc) is 2.42. The van der Waals surface area contributed by atoms with Gasteiger partial charge in [-0.05, 0) is 55.7 Å². The van der Waals surface area contributed by atoms with Gasteiger partial charge in [0.05, 0.1) is 11.9 Å². The molecule has 1 atom stereocenters. The number of benzene rings is 1. The first-order chi connectivity index (χ1) is 9.51. The lowest BCUT2D eigenvalue weighted by atomic mass is 10.1. The van der Waals surface area contributed by atoms with Gasteiger partial charge in [-0.15, -0.1) is 0 Å². The molecule has 0 aliphatic rings. The van der Waals surface area contributed by atoms with E-state index in [-0.39, 0.29) is 6.04 Å². The second-order valence-corrected chi connectivity index (χ2v) is 5.34. The first-order valence-electron chi connectivity index (χ1n) is 6.67. The number of hydrogen-bond acceptors (Lipinski definition) is 3. The van der Waals surface area contributed by atoms with Crippen LogP contribution in [0.3, 0.4) is 0 Å². The van der Waals surface area contributed by atoms with Crippen LogP contribution < -0.4 is 10.5 Å². The topological polar surface area (TPSA) is 48.1 Å². The lowest BCUT2D eigenvalue weighted by Crippen LogP contribution is -2.10. The number of nitrogens with two attached hydrogens (primary N) is 1. The summed E-state index contributed by atoms with van der Waals surface area (Å²) < 4.78 is 5.90. The maximum Gasteiger partial charge on any atom is 0.145 e. The highest BCUT2D eigenvalue weighted by atomic mass is 35.5. The van der Waals surface area contributed by atoms with Crippen LogP contribution >= 0.6 is 11.6 Å². The van der Waals surface area contributed by atoms with Gasteiger partial charge in [0.25, 0.3) is 0 Å². The van der Waals surface area contributed by atoms with Gasteiger partial charge in [-0.3, -0.25) is 4.98 Å². The number of aromatic nitrogens is 1. The normalized spacial score (nSPS) is 12.2. The van der Waals surface area contributed by atoms with Crippen molar-refractivity contribution in [3.63, 3.8) is 0 Å². The van der Waals surface area contributed by atoms with Crippen molar-refractivity contribution in [3.8, 4) is 11.5 Å². The van der Waals surface area contributed by atoms with Crippen molar-refractivity contribution in [1.29, 1.82) is 0 Å². The molecule has 2 N–H and O–H groups in total. The summed E-state index contributed by atoms with van der Waals surface area (Å²) in [6.07, 6.45) is 2.57. The number of rotatable bonds is 4. The molecule has 0 aliphatic heterocycles. The molecule has 20 heavy (non-hydrogen) atoms. The van der Waals surface area contributed by atoms with E-state index in [0.717, 1.165) is 34.0 Å². The van der Waals surface area contributed by atoms with Crippen molar-refractivity contribution in [2.45, 2.75) is 33.2 Å². The van der Waals surface area contributed by atoms with E-state index in [4.69, 9.17) is 22.1 Å². The summed E-state index contributed by atoms with van der Waals surface area (Å²) in [6, 6.07) is 7.55. The third-order valence-electron chi connectivity index (χ3n) is 3.22. The molecule has 0 radical (unpaired) electrons. The molecule has 106 valence electrons. The van der Waals surface area contributed by atoms with Crippen molar-refractivity contribution >= 4 is 11.6 Å². The Bertz CT molecular complexity index is 573. The molecule has 2 aromatic rings. The molecule has 3 nitrogen and oxygen atoms in total. The third-order valence-corrected chi connectivity index (χ3v) is 3.44. The summed E-state index contributed by atoms with van der Waals surface area (Å²) in [6.45, 7) is 5.99. The smallest absolute Gasteiger partial charge is 0.145 e. The Morgan fingerprint density at radius 3 is 2.40 bits per heavy atom. The fourth-order valence-electron chi connectivity index (χ4n) is 2.06. The van der Waals surface area contributed by atoms with Gasteiger partial charge < -0.3 is 10.5 Å². The van der Waals surface area contributed by atoms with Gasteiger partial charge in [0.2, 0.25) is 0 Å². The van der Waals surface area contributed by atoms with Gasteiger partial charge in [0, 0.05) is 11.1 Å². The number of halogens is 1. The van der Waals surface area contributed by atoms with Crippen molar-refractivity contribution in [3.05, 3.63) is 52.3 Å². The van der Waals surface area contributed by atoms with Crippen LogP contribution in [0.25, 0.3) is 0 Å². The highest BCUT2D eigenvalue weighted by molar-refractivity contribution is 6.30. The molecule has 1 aromatic heterocycles. The zero-order valence-corrected chi connectivity index (χ0v) is 12.7. The summed E-state index contributed by atoms with van der Waals surface area (Å²) in [5, 5.41) is 0.717. The monoisotopic (exact) mass is 290 g/mol. The Balaban J connectivity index is 2.23. The highest BCUT2D eigenvalue weighted by Crippen LogP contribution is 2.31. The number of ether oxygens (including phenoxy) is 1. The number of nitrogens with zero attached hydrogens (tertiary/aromatic N) is 1. The molecule has 0 fully saturated rings. The van der Waals surface area contributed by atoms with Gasteiger partial charge in [0.15, 0.2) is 0 Å². The molecule has 4 heteroatoms. The number of pyridine rings is 1. The lowest BCUT2D eigenvalue weighted by Gasteiger charge is -2.13. The van der Waals surface area contributed by atoms with E-state index < -0.39 is 0 Å². The van der Waals surface area contributed by atoms with Gasteiger partial charge in [-0.2, -0.15) is 0 Å². The predicted octanol–water partition coefficient (Wildman–Crippen LogP) is 4.55. The molecular weight excluding hydrogens is 272 g/mol. The molecule has 1 heterocycles. The van der Waals surface area contributed by atoms with Crippen LogP contribution in [0.4, 0.5) is 0 Å². The molecular formula is C16H19ClN2O. The van der Waals surface area contributed by atoms with E-state index in [0.29, 0.717) is 5.75 Å². The molecule has 0 saturated heterocycles. The summed E-state index contributed by atoms with van der Waals surface area (Å²) in [5.74, 6) is 1.52. The zero-order valence-electron chi connectivity index (χ0n) is 12.0. The van der Waals surface area contributed by atoms with E-state index in [1.165, 1.54) is 0 Å². The Morgan fingerprint density at radius 1 is 1.25 bits per heavy atom. The zero-order chi connectivity index (χ0) is 14.7. The van der Waals surface area contributed by atoms with Crippen LogP contribution in [-0.4, -0.2) is 4.98 Å². The fourth-order valence-corrected chi connectivity index (χ4v) is 2.38. The van der Waals surface area contributed by atoms with Gasteiger partial charge in [-0.1, -0.05) is 18.5 Å². The minimum atomic E-state index is -0.0249. The van der Waals surface area contributed by atoms with Crippen LogP contribution in [0.15, 0.2) is 30.5 Å². The van der Waals surface area contributed by atoms with E-state index >= 15 is 0 Å². The predicted molar refractivity (Wildman–Crippen MR) is 82.5 cm³/mol. The Hall–Kier alpha value is -1.58. The van der Waals surface area contributed by atoms with Crippen LogP contribution in [-0.2, 0) is 0 Å². The second kappa shape index (κ2) is 6.25. The second-order valence-electron chi connectivity index (χ2n) is 4.90. The Labute approximate surface area is 124 Å². The van der Waals surface area contributed by atoms with Crippen LogP contribution in [0.2, 0.25) is 5.02 Å². The van der Waals surface area contributed by atoms with E-state index in [2.05, 4.69) is 4.98 Å². The summed E-state index contributed by atoms with van der Waals surface area (Å²) in [4.78, 5) is 4.35. The molecule has 0 amide bonds. The van der Waals surface area contributed by atoms with Gasteiger partial charge in [-0.25, -0.2) is 0 Å². The lowest BCUT2D eigenvalue weighted by molar-refractivity contribution is 0.471. The first kappa shape index (κ1) is 14.8. The van der Waals surface area contributed by atoms with Crippen molar-refractivity contribution < 1.29 is 4.74 Å². The minimum absolute atomic E-state index is 0.0249. The molecule has 0 aliphatic carbocycles. The molecule has 0 saturated carbocycles. The Morgan fingerprint density at radius 2 is 1.90 bits per heavy atom. The van der Waals surface area contributed by atoms with Crippen molar-refractivity contribution in [2.24, 2.45) is 5.73 Å². The molecule has 0 spiro atoms. The van der Waals surface area contributed by atoms with Gasteiger partial charge >= 0.3 is 0 Å². The standard InChI is InChI=1S/C16H19ClN2O/c1-4-14(18)15-6-5-13(9-19-15)20-16-10(2)7-12(17)8-11(16)3/h5-9,14H,4,18H2,1-3H3/t14-/m0/s1. The maximum absolute atomic E-state index is 6.01. The minimum Gasteiger partial charge on any atom is -0.455 e. The molecule has 0 bridgehead atoms.